The van der Waals surface area contributed by atoms with Crippen LogP contribution < -0.4 is 10.5 Å². The van der Waals surface area contributed by atoms with Crippen LogP contribution in [0.15, 0.2) is 11.0 Å². The predicted molar refractivity (Wildman–Crippen MR) is 74.1 cm³/mol. The van der Waals surface area contributed by atoms with E-state index >= 15 is 0 Å². The van der Waals surface area contributed by atoms with Crippen molar-refractivity contribution in [2.45, 2.75) is 50.6 Å². The fourth-order valence-electron chi connectivity index (χ4n) is 2.24. The van der Waals surface area contributed by atoms with Crippen LogP contribution in [0.1, 0.15) is 35.9 Å². The van der Waals surface area contributed by atoms with Crippen LogP contribution in [0.3, 0.4) is 0 Å². The second-order valence-corrected chi connectivity index (χ2v) is 7.87. The highest BCUT2D eigenvalue weighted by atomic mass is 32.2. The fourth-order valence-corrected chi connectivity index (χ4v) is 5.07. The smallest absolute Gasteiger partial charge is 0.241 e. The van der Waals surface area contributed by atoms with Crippen molar-refractivity contribution in [3.8, 4) is 0 Å². The van der Waals surface area contributed by atoms with E-state index in [2.05, 4.69) is 11.6 Å². The van der Waals surface area contributed by atoms with E-state index in [-0.39, 0.29) is 6.04 Å². The number of nitrogens with two attached hydrogens (primary N) is 1. The molecule has 0 bridgehead atoms. The van der Waals surface area contributed by atoms with E-state index in [1.54, 1.807) is 6.07 Å². The lowest BCUT2D eigenvalue weighted by Crippen LogP contribution is -2.27. The third-order valence-corrected chi connectivity index (χ3v) is 6.12. The Morgan fingerprint density at radius 2 is 2.28 bits per heavy atom. The number of hydrogen-bond acceptors (Lipinski definition) is 4. The molecule has 102 valence electrons. The summed E-state index contributed by atoms with van der Waals surface area (Å²) in [5.41, 5.74) is 5.55. The SMILES string of the molecule is CCCC1CC1NS(=O)(=O)c1cc(CN)sc1C. The Kier molecular flexibility index (Phi) is 4.11. The third kappa shape index (κ3) is 2.93. The van der Waals surface area contributed by atoms with E-state index in [0.717, 1.165) is 29.0 Å². The maximum atomic E-state index is 12.2. The molecule has 4 nitrogen and oxygen atoms in total. The normalized spacial score (nSPS) is 23.3. The molecular formula is C12H20N2O2S2. The Hall–Kier alpha value is -0.430. The molecule has 0 radical (unpaired) electrons. The molecule has 0 amide bonds. The Labute approximate surface area is 113 Å². The van der Waals surface area contributed by atoms with Crippen molar-refractivity contribution in [3.05, 3.63) is 15.8 Å². The molecule has 0 saturated heterocycles. The van der Waals surface area contributed by atoms with Gasteiger partial charge in [-0.15, -0.1) is 11.3 Å². The molecule has 1 saturated carbocycles. The number of rotatable bonds is 6. The summed E-state index contributed by atoms with van der Waals surface area (Å²) in [6.07, 6.45) is 3.18. The average molecular weight is 288 g/mol. The van der Waals surface area contributed by atoms with Crippen molar-refractivity contribution in [2.75, 3.05) is 0 Å². The minimum atomic E-state index is -3.36. The number of sulfonamides is 1. The molecule has 1 aromatic rings. The molecule has 2 unspecified atom stereocenters. The van der Waals surface area contributed by atoms with E-state index in [1.165, 1.54) is 11.3 Å². The van der Waals surface area contributed by atoms with Gasteiger partial charge in [0.05, 0.1) is 4.90 Å². The van der Waals surface area contributed by atoms with Crippen LogP contribution in [0.2, 0.25) is 0 Å². The molecule has 18 heavy (non-hydrogen) atoms. The van der Waals surface area contributed by atoms with Crippen LogP contribution in [0.4, 0.5) is 0 Å². The lowest BCUT2D eigenvalue weighted by Gasteiger charge is -2.05. The standard InChI is InChI=1S/C12H20N2O2S2/c1-3-4-9-5-11(9)14-18(15,16)12-6-10(7-13)17-8(12)2/h6,9,11,14H,3-5,7,13H2,1-2H3. The molecule has 0 spiro atoms. The summed E-state index contributed by atoms with van der Waals surface area (Å²) >= 11 is 1.46. The van der Waals surface area contributed by atoms with Gasteiger partial charge in [-0.2, -0.15) is 0 Å². The van der Waals surface area contributed by atoms with Crippen molar-refractivity contribution in [1.82, 2.24) is 4.72 Å². The van der Waals surface area contributed by atoms with Crippen LogP contribution in [0.5, 0.6) is 0 Å². The zero-order chi connectivity index (χ0) is 13.3. The number of aryl methyl sites for hydroxylation is 1. The molecular weight excluding hydrogens is 268 g/mol. The van der Waals surface area contributed by atoms with Gasteiger partial charge in [0, 0.05) is 22.3 Å². The van der Waals surface area contributed by atoms with Gasteiger partial charge in [-0.05, 0) is 31.7 Å². The molecule has 1 aromatic heterocycles. The molecule has 0 aromatic carbocycles. The summed E-state index contributed by atoms with van der Waals surface area (Å²) in [6, 6.07) is 1.83. The van der Waals surface area contributed by atoms with Gasteiger partial charge >= 0.3 is 0 Å². The topological polar surface area (TPSA) is 72.2 Å². The van der Waals surface area contributed by atoms with Gasteiger partial charge < -0.3 is 5.73 Å². The van der Waals surface area contributed by atoms with Crippen molar-refractivity contribution >= 4 is 21.4 Å². The summed E-state index contributed by atoms with van der Waals surface area (Å²) in [6.45, 7) is 4.35. The van der Waals surface area contributed by atoms with Crippen LogP contribution >= 0.6 is 11.3 Å². The Balaban J connectivity index is 2.09. The average Bonchev–Trinajstić information content (AvgIpc) is 2.88. The van der Waals surface area contributed by atoms with Crippen LogP contribution in [0.25, 0.3) is 0 Å². The largest absolute Gasteiger partial charge is 0.326 e. The first-order valence-electron chi connectivity index (χ1n) is 6.29. The second-order valence-electron chi connectivity index (χ2n) is 4.85. The molecule has 6 heteroatoms. The van der Waals surface area contributed by atoms with Gasteiger partial charge in [-0.25, -0.2) is 13.1 Å². The summed E-state index contributed by atoms with van der Waals surface area (Å²) in [5.74, 6) is 0.526. The Morgan fingerprint density at radius 1 is 1.56 bits per heavy atom. The highest BCUT2D eigenvalue weighted by Gasteiger charge is 2.39. The Bertz CT molecular complexity index is 522. The maximum absolute atomic E-state index is 12.2. The Morgan fingerprint density at radius 3 is 2.83 bits per heavy atom. The number of nitrogens with one attached hydrogen (secondary N) is 1. The first kappa shape index (κ1) is 14.0. The maximum Gasteiger partial charge on any atom is 0.241 e. The number of thiophene rings is 1. The minimum absolute atomic E-state index is 0.135. The van der Waals surface area contributed by atoms with Gasteiger partial charge in [0.15, 0.2) is 0 Å². The van der Waals surface area contributed by atoms with E-state index in [1.807, 2.05) is 6.92 Å². The zero-order valence-electron chi connectivity index (χ0n) is 10.8. The lowest BCUT2D eigenvalue weighted by molar-refractivity contribution is 0.573. The van der Waals surface area contributed by atoms with Gasteiger partial charge in [0.2, 0.25) is 10.0 Å². The van der Waals surface area contributed by atoms with E-state index < -0.39 is 10.0 Å². The van der Waals surface area contributed by atoms with E-state index in [0.29, 0.717) is 17.4 Å². The van der Waals surface area contributed by atoms with Gasteiger partial charge in [0.1, 0.15) is 0 Å². The van der Waals surface area contributed by atoms with Crippen LogP contribution in [-0.2, 0) is 16.6 Å². The second kappa shape index (κ2) is 5.28. The van der Waals surface area contributed by atoms with E-state index in [9.17, 15) is 8.42 Å². The van der Waals surface area contributed by atoms with Gasteiger partial charge in [-0.1, -0.05) is 13.3 Å². The molecule has 2 rings (SSSR count). The summed E-state index contributed by atoms with van der Waals surface area (Å²) < 4.78 is 27.3. The van der Waals surface area contributed by atoms with Crippen molar-refractivity contribution in [1.29, 1.82) is 0 Å². The molecule has 1 aliphatic rings. The molecule has 1 fully saturated rings. The third-order valence-electron chi connectivity index (χ3n) is 3.30. The summed E-state index contributed by atoms with van der Waals surface area (Å²) in [7, 11) is -3.36. The van der Waals surface area contributed by atoms with Crippen LogP contribution in [-0.4, -0.2) is 14.5 Å². The first-order chi connectivity index (χ1) is 8.47. The zero-order valence-corrected chi connectivity index (χ0v) is 12.4. The molecule has 1 heterocycles. The van der Waals surface area contributed by atoms with Crippen molar-refractivity contribution in [2.24, 2.45) is 11.7 Å². The van der Waals surface area contributed by atoms with Crippen molar-refractivity contribution < 1.29 is 8.42 Å². The highest BCUT2D eigenvalue weighted by molar-refractivity contribution is 7.89. The monoisotopic (exact) mass is 288 g/mol. The highest BCUT2D eigenvalue weighted by Crippen LogP contribution is 2.36. The van der Waals surface area contributed by atoms with Gasteiger partial charge in [0.25, 0.3) is 0 Å². The summed E-state index contributed by atoms with van der Waals surface area (Å²) in [5, 5.41) is 0. The molecule has 0 aliphatic heterocycles. The molecule has 3 N–H and O–H groups in total. The van der Waals surface area contributed by atoms with E-state index in [4.69, 9.17) is 5.73 Å². The quantitative estimate of drug-likeness (QED) is 0.840. The fraction of sp³-hybridized carbons (Fsp3) is 0.667. The first-order valence-corrected chi connectivity index (χ1v) is 8.59. The number of hydrogen-bond donors (Lipinski definition) is 2. The predicted octanol–water partition coefficient (Wildman–Crippen LogP) is 1.98. The van der Waals surface area contributed by atoms with Gasteiger partial charge in [-0.3, -0.25) is 0 Å². The lowest BCUT2D eigenvalue weighted by atomic mass is 10.2. The molecule has 2 atom stereocenters. The minimum Gasteiger partial charge on any atom is -0.326 e. The summed E-state index contributed by atoms with van der Waals surface area (Å²) in [4.78, 5) is 2.12. The van der Waals surface area contributed by atoms with Crippen molar-refractivity contribution in [3.63, 3.8) is 0 Å². The van der Waals surface area contributed by atoms with Crippen LogP contribution in [0, 0.1) is 12.8 Å². The molecule has 1 aliphatic carbocycles.